The minimum absolute atomic E-state index is 0.0536. The largest absolute Gasteiger partial charge is 0.508 e. The zero-order valence-electron chi connectivity index (χ0n) is 29.2. The van der Waals surface area contributed by atoms with Crippen LogP contribution in [0.2, 0.25) is 0 Å². The van der Waals surface area contributed by atoms with Crippen molar-refractivity contribution in [2.24, 2.45) is 38.8 Å². The summed E-state index contributed by atoms with van der Waals surface area (Å²) < 4.78 is 0. The summed E-state index contributed by atoms with van der Waals surface area (Å²) in [7, 11) is 0. The molecule has 4 rings (SSSR count). The number of nitrogens with one attached hydrogen (secondary N) is 4. The van der Waals surface area contributed by atoms with Crippen molar-refractivity contribution in [1.29, 1.82) is 0 Å². The maximum absolute atomic E-state index is 14.0. The molecule has 52 heavy (non-hydrogen) atoms. The molecule has 1 saturated heterocycles. The van der Waals surface area contributed by atoms with Gasteiger partial charge in [-0.25, -0.2) is 0 Å². The first-order chi connectivity index (χ1) is 25.0. The lowest BCUT2D eigenvalue weighted by molar-refractivity contribution is -0.133. The molecule has 13 N–H and O–H groups in total. The highest BCUT2D eigenvalue weighted by atomic mass is 16.3. The zero-order chi connectivity index (χ0) is 37.5. The fraction of sp³-hybridized carbons (Fsp3) is 0.405. The van der Waals surface area contributed by atoms with Crippen molar-refractivity contribution in [1.82, 2.24) is 21.3 Å². The normalized spacial score (nSPS) is 20.3. The monoisotopic (exact) mass is 714 g/mol. The van der Waals surface area contributed by atoms with Gasteiger partial charge in [-0.2, -0.15) is 0 Å². The lowest BCUT2D eigenvalue weighted by atomic mass is 9.91. The molecule has 0 bridgehead atoms. The molecule has 3 aromatic carbocycles. The summed E-state index contributed by atoms with van der Waals surface area (Å²) in [6.45, 7) is 0.222. The van der Waals surface area contributed by atoms with Crippen molar-refractivity contribution in [3.63, 3.8) is 0 Å². The second-order valence-corrected chi connectivity index (χ2v) is 13.0. The van der Waals surface area contributed by atoms with Gasteiger partial charge in [0.2, 0.25) is 23.6 Å². The van der Waals surface area contributed by atoms with Crippen molar-refractivity contribution in [3.8, 4) is 5.75 Å². The lowest BCUT2D eigenvalue weighted by Gasteiger charge is -2.25. The smallest absolute Gasteiger partial charge is 0.243 e. The van der Waals surface area contributed by atoms with Gasteiger partial charge in [-0.3, -0.25) is 29.2 Å². The molecule has 1 fully saturated rings. The number of aliphatic imine (C=N–C) groups is 2. The molecule has 1 aliphatic heterocycles. The van der Waals surface area contributed by atoms with Gasteiger partial charge in [0.25, 0.3) is 0 Å². The quantitative estimate of drug-likeness (QED) is 0.0714. The average molecular weight is 715 g/mol. The van der Waals surface area contributed by atoms with Crippen molar-refractivity contribution in [2.75, 3.05) is 19.6 Å². The van der Waals surface area contributed by atoms with E-state index in [1.807, 2.05) is 42.5 Å². The number of benzene rings is 3. The third-order valence-corrected chi connectivity index (χ3v) is 8.91. The number of hydrogen-bond donors (Lipinski definition) is 9. The first-order valence-corrected chi connectivity index (χ1v) is 17.5. The van der Waals surface area contributed by atoms with Gasteiger partial charge in [-0.1, -0.05) is 54.6 Å². The fourth-order valence-corrected chi connectivity index (χ4v) is 6.21. The van der Waals surface area contributed by atoms with Gasteiger partial charge >= 0.3 is 0 Å². The van der Waals surface area contributed by atoms with Gasteiger partial charge < -0.3 is 49.3 Å². The molecule has 0 saturated carbocycles. The van der Waals surface area contributed by atoms with E-state index in [2.05, 4.69) is 31.3 Å². The highest BCUT2D eigenvalue weighted by Crippen LogP contribution is 2.21. The molecule has 0 spiro atoms. The van der Waals surface area contributed by atoms with Crippen LogP contribution < -0.4 is 44.2 Å². The van der Waals surface area contributed by atoms with Crippen molar-refractivity contribution in [2.45, 2.75) is 69.5 Å². The summed E-state index contributed by atoms with van der Waals surface area (Å²) in [4.78, 5) is 62.9. The Morgan fingerprint density at radius 1 is 0.673 bits per heavy atom. The summed E-state index contributed by atoms with van der Waals surface area (Å²) in [6.07, 6.45) is 2.82. The Kier molecular flexibility index (Phi) is 14.6. The van der Waals surface area contributed by atoms with Crippen LogP contribution >= 0.6 is 0 Å². The predicted molar refractivity (Wildman–Crippen MR) is 201 cm³/mol. The Morgan fingerprint density at radius 3 is 2.00 bits per heavy atom. The Hall–Kier alpha value is -5.86. The van der Waals surface area contributed by atoms with Gasteiger partial charge in [-0.15, -0.1) is 0 Å². The molecule has 0 unspecified atom stereocenters. The number of nitrogens with zero attached hydrogens (tertiary/aromatic N) is 2. The van der Waals surface area contributed by atoms with Gasteiger partial charge in [0.15, 0.2) is 11.9 Å². The lowest BCUT2D eigenvalue weighted by Crippen LogP contribution is -2.55. The number of phenols is 1. The molecule has 1 aliphatic rings. The second-order valence-electron chi connectivity index (χ2n) is 13.0. The van der Waals surface area contributed by atoms with E-state index in [1.54, 1.807) is 24.3 Å². The third-order valence-electron chi connectivity index (χ3n) is 8.91. The zero-order valence-corrected chi connectivity index (χ0v) is 29.2. The van der Waals surface area contributed by atoms with E-state index in [-0.39, 0.29) is 49.5 Å². The molecule has 278 valence electrons. The van der Waals surface area contributed by atoms with E-state index < -0.39 is 41.8 Å². The van der Waals surface area contributed by atoms with Crippen LogP contribution in [0.5, 0.6) is 5.75 Å². The molecule has 1 heterocycles. The van der Waals surface area contributed by atoms with Gasteiger partial charge in [0.1, 0.15) is 17.8 Å². The van der Waals surface area contributed by atoms with E-state index in [0.29, 0.717) is 45.1 Å². The number of amides is 4. The number of guanidine groups is 2. The summed E-state index contributed by atoms with van der Waals surface area (Å²) in [5, 5.41) is 23.3. The summed E-state index contributed by atoms with van der Waals surface area (Å²) >= 11 is 0. The average Bonchev–Trinajstić information content (AvgIpc) is 3.11. The van der Waals surface area contributed by atoms with Crippen LogP contribution in [0.25, 0.3) is 10.8 Å². The second kappa shape index (κ2) is 19.5. The number of rotatable bonds is 12. The number of hydrogen-bond acceptors (Lipinski definition) is 7. The molecule has 15 heteroatoms. The molecule has 4 amide bonds. The number of nitrogens with two attached hydrogens (primary N) is 4. The Labute approximate surface area is 303 Å². The standard InChI is InChI=1S/C37H50N10O5/c38-36(39)42-17-3-7-26-13-14-28(20-23-10-15-29(48)16-11-23)45-32(49)22-44-34(51)31(21-24-9-12-25-5-1-2-6-27(25)19-24)47-35(52)30(46-33(26)50)8-4-18-43-37(40)41/h1-2,5-6,9-12,15-16,19,26,28,30-31,48H,3-4,7-8,13-14,17-18,20-22H2,(H,44,51)(H,45,49)(H,46,50)(H,47,52)(H4,38,39,42)(H4,40,41,43)/t26-,28+,30-,31-/m0/s1. The minimum Gasteiger partial charge on any atom is -0.508 e. The van der Waals surface area contributed by atoms with Crippen LogP contribution in [0, 0.1) is 5.92 Å². The molecule has 0 aromatic heterocycles. The van der Waals surface area contributed by atoms with Crippen LogP contribution in [-0.4, -0.2) is 78.4 Å². The van der Waals surface area contributed by atoms with Crippen molar-refractivity contribution in [3.05, 3.63) is 77.9 Å². The molecule has 4 atom stereocenters. The first-order valence-electron chi connectivity index (χ1n) is 17.5. The van der Waals surface area contributed by atoms with E-state index in [9.17, 15) is 24.3 Å². The Morgan fingerprint density at radius 2 is 1.31 bits per heavy atom. The van der Waals surface area contributed by atoms with E-state index >= 15 is 0 Å². The predicted octanol–water partition coefficient (Wildman–Crippen LogP) is 0.418. The van der Waals surface area contributed by atoms with Crippen LogP contribution in [0.1, 0.15) is 49.7 Å². The molecule has 15 nitrogen and oxygen atoms in total. The number of aromatic hydroxyl groups is 1. The van der Waals surface area contributed by atoms with Gasteiger partial charge in [0, 0.05) is 31.5 Å². The Bertz CT molecular complexity index is 1740. The summed E-state index contributed by atoms with van der Waals surface area (Å²) in [5.74, 6) is -2.46. The van der Waals surface area contributed by atoms with E-state index in [4.69, 9.17) is 22.9 Å². The SMILES string of the molecule is NC(N)=NCCC[C@H]1CC[C@H](Cc2ccc(O)cc2)NC(=O)CNC(=O)[C@H](Cc2ccc3ccccc3c2)NC(=O)[C@H](CCCN=C(N)N)NC1=O. The fourth-order valence-electron chi connectivity index (χ4n) is 6.21. The maximum atomic E-state index is 14.0. The maximum Gasteiger partial charge on any atom is 0.243 e. The van der Waals surface area contributed by atoms with Crippen LogP contribution in [-0.2, 0) is 32.0 Å². The van der Waals surface area contributed by atoms with Crippen LogP contribution in [0.4, 0.5) is 0 Å². The number of carbonyl (C=O) groups is 4. The Balaban J connectivity index is 1.64. The highest BCUT2D eigenvalue weighted by Gasteiger charge is 2.30. The topological polar surface area (TPSA) is 265 Å². The summed E-state index contributed by atoms with van der Waals surface area (Å²) in [6, 6.07) is 17.8. The molecule has 0 aliphatic carbocycles. The van der Waals surface area contributed by atoms with Crippen molar-refractivity contribution < 1.29 is 24.3 Å². The number of carbonyl (C=O) groups excluding carboxylic acids is 4. The molecular weight excluding hydrogens is 664 g/mol. The highest BCUT2D eigenvalue weighted by molar-refractivity contribution is 5.94. The van der Waals surface area contributed by atoms with Crippen LogP contribution in [0.15, 0.2) is 76.7 Å². The third kappa shape index (κ3) is 12.8. The number of phenolic OH excluding ortho intramolecular Hbond substituents is 1. The van der Waals surface area contributed by atoms with Crippen molar-refractivity contribution >= 4 is 46.3 Å². The van der Waals surface area contributed by atoms with Crippen LogP contribution in [0.3, 0.4) is 0 Å². The number of fused-ring (bicyclic) bond motifs is 1. The van der Waals surface area contributed by atoms with E-state index in [0.717, 1.165) is 21.9 Å². The minimum atomic E-state index is -1.06. The molecule has 3 aromatic rings. The van der Waals surface area contributed by atoms with E-state index in [1.165, 1.54) is 0 Å². The molecular formula is C37H50N10O5. The van der Waals surface area contributed by atoms with Gasteiger partial charge in [-0.05, 0) is 79.0 Å². The molecule has 0 radical (unpaired) electrons. The summed E-state index contributed by atoms with van der Waals surface area (Å²) in [5.41, 5.74) is 23.7. The first kappa shape index (κ1) is 38.9. The van der Waals surface area contributed by atoms with Gasteiger partial charge in [0.05, 0.1) is 6.54 Å².